The van der Waals surface area contributed by atoms with Crippen LogP contribution in [0.4, 0.5) is 9.80 Å². The highest BCUT2D eigenvalue weighted by atomic mass is 32.1. The van der Waals surface area contributed by atoms with Gasteiger partial charge >= 0.3 is 6.03 Å². The van der Waals surface area contributed by atoms with E-state index in [4.69, 9.17) is 10.5 Å². The lowest BCUT2D eigenvalue weighted by atomic mass is 10.2. The van der Waals surface area contributed by atoms with Crippen molar-refractivity contribution in [1.29, 1.82) is 0 Å². The molecule has 2 aliphatic rings. The molecule has 0 aromatic carbocycles. The van der Waals surface area contributed by atoms with Crippen molar-refractivity contribution in [3.8, 4) is 0 Å². The van der Waals surface area contributed by atoms with Crippen LogP contribution in [-0.4, -0.2) is 91.6 Å². The number of piperazine rings is 1. The van der Waals surface area contributed by atoms with Crippen LogP contribution in [0, 0.1) is 0 Å². The van der Waals surface area contributed by atoms with Crippen LogP contribution in [0.5, 0.6) is 0 Å². The summed E-state index contributed by atoms with van der Waals surface area (Å²) >= 11 is 1.28. The average molecular weight is 395 g/mol. The van der Waals surface area contributed by atoms with Gasteiger partial charge in [-0.1, -0.05) is 0 Å². The Morgan fingerprint density at radius 1 is 1.07 bits per heavy atom. The minimum Gasteiger partial charge on any atom is -0.378 e. The summed E-state index contributed by atoms with van der Waals surface area (Å²) in [4.78, 5) is 41.8. The summed E-state index contributed by atoms with van der Waals surface area (Å²) in [6, 6.07) is 1.68. The van der Waals surface area contributed by atoms with Crippen molar-refractivity contribution in [3.63, 3.8) is 0 Å². The Morgan fingerprint density at radius 2 is 1.74 bits per heavy atom. The zero-order chi connectivity index (χ0) is 19.2. The first-order valence-electron chi connectivity index (χ1n) is 9.05. The largest absolute Gasteiger partial charge is 0.378 e. The number of anilines is 1. The molecule has 2 aliphatic heterocycles. The number of urea groups is 1. The standard InChI is InChI=1S/C17H25N5O4S/c18-15(24)13-2-12-27-16(13)19-14(23)1-3-20-4-6-21(7-5-20)17(25)22-8-10-26-11-9-22/h2,12H,1,3-11H2,(H2,18,24)(H,19,23). The Kier molecular flexibility index (Phi) is 6.64. The first kappa shape index (κ1) is 19.6. The molecule has 0 spiro atoms. The van der Waals surface area contributed by atoms with Gasteiger partial charge in [0.2, 0.25) is 5.91 Å². The number of morpholine rings is 1. The van der Waals surface area contributed by atoms with Crippen molar-refractivity contribution < 1.29 is 19.1 Å². The first-order valence-corrected chi connectivity index (χ1v) is 9.93. The van der Waals surface area contributed by atoms with E-state index in [1.54, 1.807) is 11.4 Å². The summed E-state index contributed by atoms with van der Waals surface area (Å²) in [5.41, 5.74) is 5.62. The molecule has 0 saturated carbocycles. The molecule has 0 radical (unpaired) electrons. The van der Waals surface area contributed by atoms with Crippen LogP contribution in [-0.2, 0) is 9.53 Å². The van der Waals surface area contributed by atoms with Gasteiger partial charge in [-0.05, 0) is 11.4 Å². The van der Waals surface area contributed by atoms with Crippen molar-refractivity contribution in [2.45, 2.75) is 6.42 Å². The highest BCUT2D eigenvalue weighted by Crippen LogP contribution is 2.22. The predicted molar refractivity (Wildman–Crippen MR) is 102 cm³/mol. The lowest BCUT2D eigenvalue weighted by Gasteiger charge is -2.38. The van der Waals surface area contributed by atoms with E-state index >= 15 is 0 Å². The van der Waals surface area contributed by atoms with Crippen LogP contribution >= 0.6 is 11.3 Å². The summed E-state index contributed by atoms with van der Waals surface area (Å²) < 4.78 is 5.28. The molecule has 9 nitrogen and oxygen atoms in total. The smallest absolute Gasteiger partial charge is 0.320 e. The lowest BCUT2D eigenvalue weighted by molar-refractivity contribution is -0.116. The Labute approximate surface area is 162 Å². The van der Waals surface area contributed by atoms with Crippen molar-refractivity contribution in [3.05, 3.63) is 17.0 Å². The highest BCUT2D eigenvalue weighted by molar-refractivity contribution is 7.14. The number of primary amides is 1. The van der Waals surface area contributed by atoms with Gasteiger partial charge in [0.1, 0.15) is 5.00 Å². The van der Waals surface area contributed by atoms with Gasteiger partial charge in [0.05, 0.1) is 18.8 Å². The fraction of sp³-hybridized carbons (Fsp3) is 0.588. The zero-order valence-electron chi connectivity index (χ0n) is 15.2. The van der Waals surface area contributed by atoms with Gasteiger partial charge in [-0.2, -0.15) is 0 Å². The van der Waals surface area contributed by atoms with E-state index < -0.39 is 5.91 Å². The topological polar surface area (TPSA) is 108 Å². The second-order valence-electron chi connectivity index (χ2n) is 6.54. The molecule has 4 amide bonds. The van der Waals surface area contributed by atoms with Crippen LogP contribution in [0.2, 0.25) is 0 Å². The Hall–Kier alpha value is -2.17. The third kappa shape index (κ3) is 5.18. The van der Waals surface area contributed by atoms with Crippen LogP contribution in [0.1, 0.15) is 16.8 Å². The molecular formula is C17H25N5O4S. The molecule has 27 heavy (non-hydrogen) atoms. The minimum atomic E-state index is -0.549. The predicted octanol–water partition coefficient (Wildman–Crippen LogP) is 0.245. The van der Waals surface area contributed by atoms with E-state index in [-0.39, 0.29) is 11.9 Å². The molecule has 2 fully saturated rings. The van der Waals surface area contributed by atoms with Crippen molar-refractivity contribution in [2.75, 3.05) is 64.3 Å². The number of carbonyl (C=O) groups excluding carboxylic acids is 3. The van der Waals surface area contributed by atoms with Gasteiger partial charge in [-0.25, -0.2) is 4.79 Å². The number of nitrogens with two attached hydrogens (primary N) is 1. The van der Waals surface area contributed by atoms with Crippen LogP contribution < -0.4 is 11.1 Å². The van der Waals surface area contributed by atoms with E-state index in [9.17, 15) is 14.4 Å². The van der Waals surface area contributed by atoms with Gasteiger partial charge in [0.25, 0.3) is 5.91 Å². The molecule has 148 valence electrons. The molecule has 10 heteroatoms. The maximum Gasteiger partial charge on any atom is 0.320 e. The number of rotatable bonds is 5. The second kappa shape index (κ2) is 9.16. The number of thiophene rings is 1. The number of ether oxygens (including phenoxy) is 1. The number of hydrogen-bond donors (Lipinski definition) is 2. The van der Waals surface area contributed by atoms with E-state index in [2.05, 4.69) is 10.2 Å². The highest BCUT2D eigenvalue weighted by Gasteiger charge is 2.26. The SMILES string of the molecule is NC(=O)c1ccsc1NC(=O)CCN1CCN(C(=O)N2CCOCC2)CC1. The number of amides is 4. The Balaban J connectivity index is 1.39. The maximum atomic E-state index is 12.5. The monoisotopic (exact) mass is 395 g/mol. The molecule has 3 N–H and O–H groups in total. The fourth-order valence-corrected chi connectivity index (χ4v) is 3.97. The Bertz CT molecular complexity index is 681. The van der Waals surface area contributed by atoms with Gasteiger partial charge in [-0.15, -0.1) is 11.3 Å². The molecule has 0 unspecified atom stereocenters. The van der Waals surface area contributed by atoms with Gasteiger partial charge in [0.15, 0.2) is 0 Å². The fourth-order valence-electron chi connectivity index (χ4n) is 3.17. The quantitative estimate of drug-likeness (QED) is 0.743. The number of hydrogen-bond acceptors (Lipinski definition) is 6. The number of nitrogens with one attached hydrogen (secondary N) is 1. The van der Waals surface area contributed by atoms with Crippen LogP contribution in [0.15, 0.2) is 11.4 Å². The number of carbonyl (C=O) groups is 3. The summed E-state index contributed by atoms with van der Waals surface area (Å²) in [5, 5.41) is 4.97. The molecule has 1 aromatic heterocycles. The van der Waals surface area contributed by atoms with Crippen LogP contribution in [0.25, 0.3) is 0 Å². The van der Waals surface area contributed by atoms with Gasteiger partial charge < -0.3 is 25.6 Å². The molecule has 1 aromatic rings. The summed E-state index contributed by atoms with van der Waals surface area (Å²) in [6.07, 6.45) is 0.327. The van der Waals surface area contributed by atoms with E-state index in [0.29, 0.717) is 62.9 Å². The summed E-state index contributed by atoms with van der Waals surface area (Å²) in [5.74, 6) is -0.695. The molecule has 0 aliphatic carbocycles. The Morgan fingerprint density at radius 3 is 2.41 bits per heavy atom. The zero-order valence-corrected chi connectivity index (χ0v) is 16.0. The van der Waals surface area contributed by atoms with Gasteiger partial charge in [0, 0.05) is 52.2 Å². The third-order valence-electron chi connectivity index (χ3n) is 4.76. The molecule has 0 atom stereocenters. The third-order valence-corrected chi connectivity index (χ3v) is 5.59. The van der Waals surface area contributed by atoms with Crippen LogP contribution in [0.3, 0.4) is 0 Å². The van der Waals surface area contributed by atoms with Crippen molar-refractivity contribution >= 4 is 34.2 Å². The number of nitrogens with zero attached hydrogens (tertiary/aromatic N) is 3. The van der Waals surface area contributed by atoms with Gasteiger partial charge in [-0.3, -0.25) is 14.5 Å². The van der Waals surface area contributed by atoms with Crippen molar-refractivity contribution in [2.24, 2.45) is 5.73 Å². The van der Waals surface area contributed by atoms with Crippen molar-refractivity contribution in [1.82, 2.24) is 14.7 Å². The first-order chi connectivity index (χ1) is 13.0. The molecule has 3 heterocycles. The molecule has 0 bridgehead atoms. The maximum absolute atomic E-state index is 12.5. The summed E-state index contributed by atoms with van der Waals surface area (Å²) in [6.45, 7) is 5.92. The summed E-state index contributed by atoms with van der Waals surface area (Å²) in [7, 11) is 0. The van der Waals surface area contributed by atoms with E-state index in [0.717, 1.165) is 13.1 Å². The molecule has 3 rings (SSSR count). The minimum absolute atomic E-state index is 0.0763. The van der Waals surface area contributed by atoms with E-state index in [1.807, 2.05) is 9.80 Å². The normalized spacial score (nSPS) is 18.4. The second-order valence-corrected chi connectivity index (χ2v) is 7.45. The lowest BCUT2D eigenvalue weighted by Crippen LogP contribution is -2.54. The molecule has 2 saturated heterocycles. The average Bonchev–Trinajstić information content (AvgIpc) is 3.15. The molecular weight excluding hydrogens is 370 g/mol. The van der Waals surface area contributed by atoms with E-state index in [1.165, 1.54) is 11.3 Å².